The fraction of sp³-hybridized carbons (Fsp3) is 0.286. The largest absolute Gasteiger partial charge is 0.489 e. The van der Waals surface area contributed by atoms with Gasteiger partial charge in [0.15, 0.2) is 11.6 Å². The lowest BCUT2D eigenvalue weighted by molar-refractivity contribution is -0.131. The Morgan fingerprint density at radius 1 is 1.43 bits per heavy atom. The third-order valence-electron chi connectivity index (χ3n) is 2.91. The molecule has 0 radical (unpaired) electrons. The summed E-state index contributed by atoms with van der Waals surface area (Å²) in [5.41, 5.74) is 5.48. The number of para-hydroxylation sites is 1. The van der Waals surface area contributed by atoms with Crippen molar-refractivity contribution in [3.63, 3.8) is 0 Å². The Morgan fingerprint density at radius 3 is 2.86 bits per heavy atom. The zero-order chi connectivity index (χ0) is 15.2. The van der Waals surface area contributed by atoms with Crippen molar-refractivity contribution in [2.45, 2.75) is 6.54 Å². The van der Waals surface area contributed by atoms with Crippen molar-refractivity contribution < 1.29 is 13.9 Å². The predicted octanol–water partition coefficient (Wildman–Crippen LogP) is 1.14. The molecule has 0 saturated carbocycles. The van der Waals surface area contributed by atoms with Gasteiger partial charge in [0.1, 0.15) is 19.0 Å². The highest BCUT2D eigenvalue weighted by Crippen LogP contribution is 2.14. The molecule has 0 fully saturated rings. The number of amides is 1. The van der Waals surface area contributed by atoms with Gasteiger partial charge in [-0.05, 0) is 18.2 Å². The fourth-order valence-corrected chi connectivity index (χ4v) is 1.70. The number of nitrogens with zero attached hydrogens (tertiary/aromatic N) is 3. The van der Waals surface area contributed by atoms with Gasteiger partial charge in [-0.25, -0.2) is 4.39 Å². The second kappa shape index (κ2) is 6.74. The summed E-state index contributed by atoms with van der Waals surface area (Å²) in [7, 11) is 1.65. The van der Waals surface area contributed by atoms with Crippen LogP contribution in [0.4, 0.5) is 10.2 Å². The Labute approximate surface area is 121 Å². The molecule has 0 spiro atoms. The number of ether oxygens (including phenoxy) is 1. The molecule has 7 heteroatoms. The summed E-state index contributed by atoms with van der Waals surface area (Å²) in [6, 6.07) is 7.77. The molecule has 0 atom stereocenters. The van der Waals surface area contributed by atoms with Crippen LogP contribution in [0.1, 0.15) is 0 Å². The van der Waals surface area contributed by atoms with Crippen LogP contribution in [0.3, 0.4) is 0 Å². The Balaban J connectivity index is 1.77. The molecule has 2 N–H and O–H groups in total. The first-order valence-electron chi connectivity index (χ1n) is 6.46. The highest BCUT2D eigenvalue weighted by Gasteiger charge is 2.10. The molecule has 1 heterocycles. The third-order valence-corrected chi connectivity index (χ3v) is 2.91. The molecule has 112 valence electrons. The smallest absolute Gasteiger partial charge is 0.244 e. The quantitative estimate of drug-likeness (QED) is 0.866. The summed E-state index contributed by atoms with van der Waals surface area (Å²) < 4.78 is 20.1. The molecule has 1 aromatic heterocycles. The number of aromatic nitrogens is 2. The number of hydrogen-bond acceptors (Lipinski definition) is 4. The Hall–Kier alpha value is -2.57. The number of likely N-dealkylation sites (N-methyl/N-ethyl adjacent to an activating group) is 1. The van der Waals surface area contributed by atoms with Crippen molar-refractivity contribution in [1.29, 1.82) is 0 Å². The summed E-state index contributed by atoms with van der Waals surface area (Å²) in [5, 5.41) is 3.94. The van der Waals surface area contributed by atoms with Crippen LogP contribution in [-0.4, -0.2) is 40.8 Å². The van der Waals surface area contributed by atoms with Crippen molar-refractivity contribution in [3.05, 3.63) is 42.3 Å². The Morgan fingerprint density at radius 2 is 2.19 bits per heavy atom. The molecule has 0 aliphatic carbocycles. The summed E-state index contributed by atoms with van der Waals surface area (Å²) in [4.78, 5) is 13.4. The molecule has 1 aromatic carbocycles. The number of nitrogen functional groups attached to an aromatic ring is 1. The lowest BCUT2D eigenvalue weighted by Gasteiger charge is -2.17. The molecule has 1 amide bonds. The van der Waals surface area contributed by atoms with Gasteiger partial charge in [0, 0.05) is 13.2 Å². The fourth-order valence-electron chi connectivity index (χ4n) is 1.70. The second-order valence-electron chi connectivity index (χ2n) is 4.53. The molecule has 6 nitrogen and oxygen atoms in total. The van der Waals surface area contributed by atoms with Gasteiger partial charge in [0.25, 0.3) is 0 Å². The first-order chi connectivity index (χ1) is 10.1. The van der Waals surface area contributed by atoms with E-state index in [0.717, 1.165) is 0 Å². The van der Waals surface area contributed by atoms with Crippen molar-refractivity contribution in [2.75, 3.05) is 25.9 Å². The van der Waals surface area contributed by atoms with Gasteiger partial charge >= 0.3 is 0 Å². The first kappa shape index (κ1) is 14.8. The van der Waals surface area contributed by atoms with Crippen LogP contribution in [0.15, 0.2) is 36.5 Å². The average Bonchev–Trinajstić information content (AvgIpc) is 2.86. The highest BCUT2D eigenvalue weighted by molar-refractivity contribution is 5.75. The lowest BCUT2D eigenvalue weighted by Crippen LogP contribution is -2.33. The van der Waals surface area contributed by atoms with E-state index in [9.17, 15) is 9.18 Å². The number of hydrogen-bond donors (Lipinski definition) is 1. The Bertz CT molecular complexity index is 615. The van der Waals surface area contributed by atoms with Gasteiger partial charge in [-0.15, -0.1) is 0 Å². The summed E-state index contributed by atoms with van der Waals surface area (Å²) in [6.45, 7) is 0.668. The van der Waals surface area contributed by atoms with E-state index < -0.39 is 5.82 Å². The maximum atomic E-state index is 13.3. The number of nitrogens with two attached hydrogens (primary N) is 1. The zero-order valence-corrected chi connectivity index (χ0v) is 11.7. The topological polar surface area (TPSA) is 73.4 Å². The lowest BCUT2D eigenvalue weighted by atomic mass is 10.3. The minimum atomic E-state index is -0.418. The molecule has 21 heavy (non-hydrogen) atoms. The molecular weight excluding hydrogens is 275 g/mol. The molecular formula is C14H17FN4O2. The van der Waals surface area contributed by atoms with Gasteiger partial charge < -0.3 is 15.4 Å². The minimum absolute atomic E-state index is 0.105. The number of carbonyl (C=O) groups excluding carboxylic acids is 1. The van der Waals surface area contributed by atoms with E-state index in [1.165, 1.54) is 15.6 Å². The molecule has 0 saturated heterocycles. The number of benzene rings is 1. The monoisotopic (exact) mass is 292 g/mol. The van der Waals surface area contributed by atoms with Crippen LogP contribution in [0.25, 0.3) is 0 Å². The van der Waals surface area contributed by atoms with E-state index in [-0.39, 0.29) is 24.8 Å². The van der Waals surface area contributed by atoms with E-state index in [0.29, 0.717) is 12.4 Å². The van der Waals surface area contributed by atoms with Crippen molar-refractivity contribution in [3.8, 4) is 5.75 Å². The van der Waals surface area contributed by atoms with E-state index in [1.807, 2.05) is 0 Å². The SMILES string of the molecule is CN(CCOc1ccccc1F)C(=O)Cn1ccc(N)n1. The van der Waals surface area contributed by atoms with Crippen LogP contribution in [0.2, 0.25) is 0 Å². The Kier molecular flexibility index (Phi) is 4.76. The summed E-state index contributed by atoms with van der Waals surface area (Å²) >= 11 is 0. The maximum absolute atomic E-state index is 13.3. The summed E-state index contributed by atoms with van der Waals surface area (Å²) in [5.74, 6) is 0.000248. The van der Waals surface area contributed by atoms with Crippen molar-refractivity contribution >= 4 is 11.7 Å². The van der Waals surface area contributed by atoms with Gasteiger partial charge in [0.2, 0.25) is 5.91 Å². The number of rotatable bonds is 6. The molecule has 0 aliphatic heterocycles. The third kappa shape index (κ3) is 4.20. The first-order valence-corrected chi connectivity index (χ1v) is 6.46. The highest BCUT2D eigenvalue weighted by atomic mass is 19.1. The van der Waals surface area contributed by atoms with Crippen LogP contribution in [0, 0.1) is 5.82 Å². The minimum Gasteiger partial charge on any atom is -0.489 e. The van der Waals surface area contributed by atoms with Crippen LogP contribution in [-0.2, 0) is 11.3 Å². The maximum Gasteiger partial charge on any atom is 0.244 e. The van der Waals surface area contributed by atoms with Gasteiger partial charge in [-0.1, -0.05) is 12.1 Å². The average molecular weight is 292 g/mol. The van der Waals surface area contributed by atoms with Crippen molar-refractivity contribution in [1.82, 2.24) is 14.7 Å². The number of carbonyl (C=O) groups is 1. The molecule has 0 unspecified atom stereocenters. The van der Waals surface area contributed by atoms with E-state index in [4.69, 9.17) is 10.5 Å². The van der Waals surface area contributed by atoms with Crippen LogP contribution in [0.5, 0.6) is 5.75 Å². The number of halogens is 1. The van der Waals surface area contributed by atoms with E-state index in [2.05, 4.69) is 5.10 Å². The summed E-state index contributed by atoms with van der Waals surface area (Å²) in [6.07, 6.45) is 1.64. The normalized spacial score (nSPS) is 10.4. The molecule has 0 bridgehead atoms. The van der Waals surface area contributed by atoms with Crippen LogP contribution >= 0.6 is 0 Å². The second-order valence-corrected chi connectivity index (χ2v) is 4.53. The molecule has 2 rings (SSSR count). The van der Waals surface area contributed by atoms with Gasteiger partial charge in [0.05, 0.1) is 6.54 Å². The van der Waals surface area contributed by atoms with Gasteiger partial charge in [-0.2, -0.15) is 5.10 Å². The zero-order valence-electron chi connectivity index (χ0n) is 11.7. The predicted molar refractivity (Wildman–Crippen MR) is 76.2 cm³/mol. The van der Waals surface area contributed by atoms with Crippen molar-refractivity contribution in [2.24, 2.45) is 0 Å². The van der Waals surface area contributed by atoms with E-state index >= 15 is 0 Å². The van der Waals surface area contributed by atoms with E-state index in [1.54, 1.807) is 37.5 Å². The standard InChI is InChI=1S/C14H17FN4O2/c1-18(14(20)10-19-7-6-13(16)17-19)8-9-21-12-5-3-2-4-11(12)15/h2-7H,8-10H2,1H3,(H2,16,17). The van der Waals surface area contributed by atoms with Gasteiger partial charge in [-0.3, -0.25) is 9.48 Å². The molecule has 0 aliphatic rings. The van der Waals surface area contributed by atoms with Crippen LogP contribution < -0.4 is 10.5 Å². The molecule has 2 aromatic rings. The number of anilines is 1.